The highest BCUT2D eigenvalue weighted by Crippen LogP contribution is 2.29. The van der Waals surface area contributed by atoms with Gasteiger partial charge in [0.1, 0.15) is 0 Å². The predicted octanol–water partition coefficient (Wildman–Crippen LogP) is 4.51. The molecule has 0 atom stereocenters. The van der Waals surface area contributed by atoms with Crippen LogP contribution in [-0.4, -0.2) is 38.3 Å². The first-order valence-electron chi connectivity index (χ1n) is 8.33. The third-order valence-electron chi connectivity index (χ3n) is 3.38. The molecule has 0 saturated heterocycles. The Morgan fingerprint density at radius 3 is 1.81 bits per heavy atom. The van der Waals surface area contributed by atoms with E-state index in [9.17, 15) is 26.7 Å². The molecule has 1 aromatic carbocycles. The molecule has 1 aromatic rings. The molecule has 0 aromatic heterocycles. The van der Waals surface area contributed by atoms with E-state index in [1.807, 2.05) is 0 Å². The van der Waals surface area contributed by atoms with E-state index in [-0.39, 0.29) is 13.2 Å². The smallest absolute Gasteiger partial charge is 0.313 e. The van der Waals surface area contributed by atoms with Crippen molar-refractivity contribution in [2.75, 3.05) is 32.3 Å². The van der Waals surface area contributed by atoms with Gasteiger partial charge in [0, 0.05) is 12.5 Å². The number of esters is 1. The molecule has 0 unspecified atom stereocenters. The molecule has 1 rings (SSSR count). The summed E-state index contributed by atoms with van der Waals surface area (Å²) in [5.41, 5.74) is 0. The lowest BCUT2D eigenvalue weighted by molar-refractivity contribution is -0.136. The molecule has 0 amide bonds. The fourth-order valence-electron chi connectivity index (χ4n) is 1.97. The first-order valence-corrected chi connectivity index (χ1v) is 8.87. The maximum Gasteiger partial charge on any atom is 0.313 e. The van der Waals surface area contributed by atoms with Crippen molar-refractivity contribution in [3.63, 3.8) is 0 Å². The van der Waals surface area contributed by atoms with Crippen molar-refractivity contribution in [1.82, 2.24) is 0 Å². The van der Waals surface area contributed by atoms with Gasteiger partial charge in [0.15, 0.2) is 0 Å². The van der Waals surface area contributed by atoms with E-state index >= 15 is 0 Å². The first kappa shape index (κ1) is 23.6. The highest BCUT2D eigenvalue weighted by molar-refractivity contribution is 6.17. The van der Waals surface area contributed by atoms with Crippen molar-refractivity contribution in [1.29, 1.82) is 0 Å². The molecule has 0 spiro atoms. The second-order valence-electron chi connectivity index (χ2n) is 5.45. The Bertz CT molecular complexity index is 586. The van der Waals surface area contributed by atoms with Gasteiger partial charge in [-0.2, -0.15) is 8.78 Å². The van der Waals surface area contributed by atoms with Gasteiger partial charge in [0.05, 0.1) is 26.2 Å². The number of benzene rings is 1. The van der Waals surface area contributed by atoms with Crippen molar-refractivity contribution < 1.29 is 41.0 Å². The molecular formula is C17H20ClF5O4. The summed E-state index contributed by atoms with van der Waals surface area (Å²) in [7, 11) is 0. The van der Waals surface area contributed by atoms with Crippen molar-refractivity contribution in [3.05, 3.63) is 29.1 Å². The molecule has 0 heterocycles. The van der Waals surface area contributed by atoms with E-state index in [1.54, 1.807) is 0 Å². The maximum atomic E-state index is 13.4. The highest BCUT2D eigenvalue weighted by Gasteiger charge is 2.28. The molecule has 27 heavy (non-hydrogen) atoms. The summed E-state index contributed by atoms with van der Waals surface area (Å²) in [6.45, 7) is 0.876. The second kappa shape index (κ2) is 12.9. The van der Waals surface area contributed by atoms with Crippen LogP contribution in [0.3, 0.4) is 0 Å². The summed E-state index contributed by atoms with van der Waals surface area (Å²) in [6, 6.07) is 0. The van der Waals surface area contributed by atoms with Gasteiger partial charge in [-0.3, -0.25) is 4.79 Å². The molecule has 0 N–H and O–H groups in total. The number of alkyl halides is 1. The number of hydrogen-bond donors (Lipinski definition) is 0. The average molecular weight is 419 g/mol. The van der Waals surface area contributed by atoms with Crippen LogP contribution in [0.5, 0.6) is 5.75 Å². The van der Waals surface area contributed by atoms with E-state index in [2.05, 4.69) is 4.74 Å². The van der Waals surface area contributed by atoms with Crippen molar-refractivity contribution in [2.24, 2.45) is 0 Å². The van der Waals surface area contributed by atoms with Crippen LogP contribution in [0.25, 0.3) is 0 Å². The average Bonchev–Trinajstić information content (AvgIpc) is 2.66. The summed E-state index contributed by atoms with van der Waals surface area (Å²) in [4.78, 5) is 11.5. The zero-order valence-corrected chi connectivity index (χ0v) is 15.2. The molecule has 0 aliphatic carbocycles. The van der Waals surface area contributed by atoms with Crippen LogP contribution in [0, 0.1) is 29.1 Å². The van der Waals surface area contributed by atoms with Gasteiger partial charge in [-0.05, 0) is 12.8 Å². The van der Waals surface area contributed by atoms with Crippen LogP contribution in [0.2, 0.25) is 0 Å². The monoisotopic (exact) mass is 418 g/mol. The van der Waals surface area contributed by atoms with Crippen molar-refractivity contribution in [2.45, 2.75) is 32.1 Å². The first-order chi connectivity index (χ1) is 12.9. The van der Waals surface area contributed by atoms with Gasteiger partial charge in [-0.1, -0.05) is 12.8 Å². The molecule has 0 fully saturated rings. The largest absolute Gasteiger partial charge is 0.420 e. The third-order valence-corrected chi connectivity index (χ3v) is 3.65. The topological polar surface area (TPSA) is 44.8 Å². The predicted molar refractivity (Wildman–Crippen MR) is 87.3 cm³/mol. The third kappa shape index (κ3) is 7.98. The molecule has 0 aliphatic rings. The Labute approximate surface area is 158 Å². The van der Waals surface area contributed by atoms with E-state index in [1.165, 1.54) is 0 Å². The van der Waals surface area contributed by atoms with Gasteiger partial charge < -0.3 is 14.2 Å². The summed E-state index contributed by atoms with van der Waals surface area (Å²) in [5.74, 6) is -13.3. The minimum absolute atomic E-state index is 0.159. The molecular weight excluding hydrogens is 399 g/mol. The number of carbonyl (C=O) groups is 1. The zero-order valence-electron chi connectivity index (χ0n) is 14.5. The second-order valence-corrected chi connectivity index (χ2v) is 5.83. The standard InChI is InChI=1S/C17H20ClF5O4/c18-6-3-1-2-4-7-25-9-10-26-8-5-11(24)27-17-15(22)13(20)12(19)14(21)16(17)23/h1-10H2. The van der Waals surface area contributed by atoms with E-state index in [4.69, 9.17) is 21.1 Å². The van der Waals surface area contributed by atoms with Crippen molar-refractivity contribution in [3.8, 4) is 5.75 Å². The Kier molecular flexibility index (Phi) is 11.2. The number of unbranched alkanes of at least 4 members (excludes halogenated alkanes) is 3. The van der Waals surface area contributed by atoms with Gasteiger partial charge >= 0.3 is 5.97 Å². The molecule has 10 heteroatoms. The van der Waals surface area contributed by atoms with Crippen molar-refractivity contribution >= 4 is 17.6 Å². The molecule has 0 bridgehead atoms. The minimum Gasteiger partial charge on any atom is -0.420 e. The van der Waals surface area contributed by atoms with Crippen LogP contribution in [0.4, 0.5) is 22.0 Å². The lowest BCUT2D eigenvalue weighted by atomic mass is 10.2. The summed E-state index contributed by atoms with van der Waals surface area (Å²) in [6.07, 6.45) is 3.47. The number of rotatable bonds is 13. The molecule has 0 saturated carbocycles. The Morgan fingerprint density at radius 1 is 0.704 bits per heavy atom. The molecule has 0 aliphatic heterocycles. The minimum atomic E-state index is -2.33. The van der Waals surface area contributed by atoms with Gasteiger partial charge in [-0.25, -0.2) is 13.2 Å². The fourth-order valence-corrected chi connectivity index (χ4v) is 2.16. The zero-order chi connectivity index (χ0) is 20.2. The Hall–Kier alpha value is -1.45. The van der Waals surface area contributed by atoms with Crippen LogP contribution in [-0.2, 0) is 14.3 Å². The SMILES string of the molecule is O=C(CCOCCOCCCCCCCl)Oc1c(F)c(F)c(F)c(F)c1F. The van der Waals surface area contributed by atoms with E-state index < -0.39 is 47.2 Å². The number of hydrogen-bond acceptors (Lipinski definition) is 4. The highest BCUT2D eigenvalue weighted by atomic mass is 35.5. The van der Waals surface area contributed by atoms with E-state index in [0.29, 0.717) is 19.1 Å². The van der Waals surface area contributed by atoms with Crippen LogP contribution in [0.15, 0.2) is 0 Å². The normalized spacial score (nSPS) is 11.0. The molecule has 154 valence electrons. The quantitative estimate of drug-likeness (QED) is 0.0899. The van der Waals surface area contributed by atoms with Crippen LogP contribution in [0.1, 0.15) is 32.1 Å². The number of ether oxygens (including phenoxy) is 3. The lowest BCUT2D eigenvalue weighted by Crippen LogP contribution is -2.16. The number of halogens is 6. The maximum absolute atomic E-state index is 13.4. The van der Waals surface area contributed by atoms with Crippen LogP contribution >= 0.6 is 11.6 Å². The Morgan fingerprint density at radius 2 is 1.22 bits per heavy atom. The molecule has 0 radical (unpaired) electrons. The van der Waals surface area contributed by atoms with Gasteiger partial charge in [-0.15, -0.1) is 11.6 Å². The van der Waals surface area contributed by atoms with Gasteiger partial charge in [0.25, 0.3) is 0 Å². The Balaban J connectivity index is 2.22. The summed E-state index contributed by atoms with van der Waals surface area (Å²) < 4.78 is 80.2. The summed E-state index contributed by atoms with van der Waals surface area (Å²) in [5, 5.41) is 0. The van der Waals surface area contributed by atoms with Gasteiger partial charge in [0.2, 0.25) is 34.8 Å². The fraction of sp³-hybridized carbons (Fsp3) is 0.588. The van der Waals surface area contributed by atoms with Crippen LogP contribution < -0.4 is 4.74 Å². The van der Waals surface area contributed by atoms with E-state index in [0.717, 1.165) is 25.7 Å². The number of carbonyl (C=O) groups excluding carboxylic acids is 1. The summed E-state index contributed by atoms with van der Waals surface area (Å²) >= 11 is 5.55. The molecule has 4 nitrogen and oxygen atoms in total. The lowest BCUT2D eigenvalue weighted by Gasteiger charge is -2.09.